The molecule has 0 spiro atoms. The number of halogens is 2. The first-order chi connectivity index (χ1) is 10.1. The van der Waals surface area contributed by atoms with Gasteiger partial charge in [-0.25, -0.2) is 0 Å². The summed E-state index contributed by atoms with van der Waals surface area (Å²) < 4.78 is 0. The Morgan fingerprint density at radius 2 is 1.90 bits per heavy atom. The van der Waals surface area contributed by atoms with Crippen LogP contribution in [0, 0.1) is 0 Å². The van der Waals surface area contributed by atoms with Crippen molar-refractivity contribution in [2.75, 3.05) is 5.75 Å². The number of hydrogen-bond donors (Lipinski definition) is 1. The maximum absolute atomic E-state index is 11.8. The summed E-state index contributed by atoms with van der Waals surface area (Å²) in [5.74, 6) is 1.18. The molecule has 2 nitrogen and oxygen atoms in total. The van der Waals surface area contributed by atoms with Gasteiger partial charge in [0.15, 0.2) is 0 Å². The first kappa shape index (κ1) is 16.2. The molecule has 0 bridgehead atoms. The lowest BCUT2D eigenvalue weighted by Gasteiger charge is -2.07. The van der Waals surface area contributed by atoms with E-state index in [1.165, 1.54) is 0 Å². The molecular weight excluding hydrogens is 325 g/mol. The van der Waals surface area contributed by atoms with Crippen LogP contribution in [0.25, 0.3) is 0 Å². The van der Waals surface area contributed by atoms with E-state index < -0.39 is 0 Å². The van der Waals surface area contributed by atoms with Gasteiger partial charge in [0.1, 0.15) is 0 Å². The third-order valence-electron chi connectivity index (χ3n) is 2.82. The van der Waals surface area contributed by atoms with E-state index >= 15 is 0 Å². The van der Waals surface area contributed by atoms with Crippen molar-refractivity contribution >= 4 is 40.9 Å². The monoisotopic (exact) mass is 339 g/mol. The van der Waals surface area contributed by atoms with Gasteiger partial charge in [0.2, 0.25) is 5.91 Å². The van der Waals surface area contributed by atoms with E-state index in [0.29, 0.717) is 17.3 Å². The first-order valence-electron chi connectivity index (χ1n) is 6.47. The van der Waals surface area contributed by atoms with Crippen LogP contribution in [0.1, 0.15) is 11.1 Å². The minimum Gasteiger partial charge on any atom is -0.351 e. The molecule has 0 aliphatic carbocycles. The summed E-state index contributed by atoms with van der Waals surface area (Å²) >= 11 is 13.5. The van der Waals surface area contributed by atoms with Gasteiger partial charge in [0, 0.05) is 22.3 Å². The topological polar surface area (TPSA) is 29.1 Å². The van der Waals surface area contributed by atoms with E-state index in [4.69, 9.17) is 23.2 Å². The summed E-state index contributed by atoms with van der Waals surface area (Å²) in [7, 11) is 0. The van der Waals surface area contributed by atoms with Crippen LogP contribution in [0.5, 0.6) is 0 Å². The summed E-state index contributed by atoms with van der Waals surface area (Å²) in [6.07, 6.45) is 0. The molecule has 0 aliphatic rings. The zero-order chi connectivity index (χ0) is 15.1. The predicted octanol–water partition coefficient (Wildman–Crippen LogP) is 4.54. The molecule has 0 radical (unpaired) electrons. The summed E-state index contributed by atoms with van der Waals surface area (Å²) in [6.45, 7) is 0.455. The molecule has 0 saturated carbocycles. The SMILES string of the molecule is O=C(CSCc1cccc(Cl)c1)NCc1ccccc1Cl. The molecule has 0 aromatic heterocycles. The normalized spacial score (nSPS) is 10.4. The molecule has 1 amide bonds. The van der Waals surface area contributed by atoms with Gasteiger partial charge in [-0.2, -0.15) is 0 Å². The number of thioether (sulfide) groups is 1. The maximum Gasteiger partial charge on any atom is 0.230 e. The number of rotatable bonds is 6. The van der Waals surface area contributed by atoms with Crippen molar-refractivity contribution in [3.05, 3.63) is 69.7 Å². The van der Waals surface area contributed by atoms with Gasteiger partial charge < -0.3 is 5.32 Å². The van der Waals surface area contributed by atoms with Crippen molar-refractivity contribution < 1.29 is 4.79 Å². The van der Waals surface area contributed by atoms with Crippen molar-refractivity contribution in [2.45, 2.75) is 12.3 Å². The van der Waals surface area contributed by atoms with Crippen molar-refractivity contribution in [3.63, 3.8) is 0 Å². The van der Waals surface area contributed by atoms with Crippen molar-refractivity contribution in [1.29, 1.82) is 0 Å². The Kier molecular flexibility index (Phi) is 6.43. The fraction of sp³-hybridized carbons (Fsp3) is 0.188. The Morgan fingerprint density at radius 3 is 2.67 bits per heavy atom. The second-order valence-electron chi connectivity index (χ2n) is 4.49. The lowest BCUT2D eigenvalue weighted by atomic mass is 10.2. The van der Waals surface area contributed by atoms with Gasteiger partial charge in [-0.15, -0.1) is 11.8 Å². The molecule has 110 valence electrons. The molecule has 2 aromatic rings. The molecule has 1 N–H and O–H groups in total. The number of carbonyl (C=O) groups excluding carboxylic acids is 1. The smallest absolute Gasteiger partial charge is 0.230 e. The fourth-order valence-electron chi connectivity index (χ4n) is 1.77. The van der Waals surface area contributed by atoms with Crippen LogP contribution in [-0.4, -0.2) is 11.7 Å². The Morgan fingerprint density at radius 1 is 1.10 bits per heavy atom. The van der Waals surface area contributed by atoms with E-state index in [2.05, 4.69) is 5.32 Å². The van der Waals surface area contributed by atoms with Crippen LogP contribution < -0.4 is 5.32 Å². The Balaban J connectivity index is 1.72. The molecule has 0 unspecified atom stereocenters. The van der Waals surface area contributed by atoms with Crippen molar-refractivity contribution in [1.82, 2.24) is 5.32 Å². The van der Waals surface area contributed by atoms with Crippen LogP contribution in [-0.2, 0) is 17.1 Å². The molecule has 2 rings (SSSR count). The number of amides is 1. The largest absolute Gasteiger partial charge is 0.351 e. The van der Waals surface area contributed by atoms with Gasteiger partial charge in [-0.05, 0) is 29.3 Å². The minimum atomic E-state index is 0.00180. The van der Waals surface area contributed by atoms with E-state index in [9.17, 15) is 4.79 Å². The second-order valence-corrected chi connectivity index (χ2v) is 6.32. The number of hydrogen-bond acceptors (Lipinski definition) is 2. The molecular formula is C16H15Cl2NOS. The highest BCUT2D eigenvalue weighted by atomic mass is 35.5. The number of benzene rings is 2. The molecule has 0 aliphatic heterocycles. The summed E-state index contributed by atoms with van der Waals surface area (Å²) in [4.78, 5) is 11.8. The number of nitrogens with one attached hydrogen (secondary N) is 1. The van der Waals surface area contributed by atoms with Gasteiger partial charge >= 0.3 is 0 Å². The fourth-order valence-corrected chi connectivity index (χ4v) is 3.00. The third-order valence-corrected chi connectivity index (χ3v) is 4.43. The molecule has 0 fully saturated rings. The molecule has 5 heteroatoms. The third kappa shape index (κ3) is 5.62. The number of carbonyl (C=O) groups is 1. The zero-order valence-corrected chi connectivity index (χ0v) is 13.6. The van der Waals surface area contributed by atoms with Crippen LogP contribution in [0.2, 0.25) is 10.0 Å². The zero-order valence-electron chi connectivity index (χ0n) is 11.3. The maximum atomic E-state index is 11.8. The highest BCUT2D eigenvalue weighted by Gasteiger charge is 2.04. The Labute approximate surface area is 138 Å². The Hall–Kier alpha value is -1.16. The molecule has 0 heterocycles. The van der Waals surface area contributed by atoms with Gasteiger partial charge in [-0.3, -0.25) is 4.79 Å². The first-order valence-corrected chi connectivity index (χ1v) is 8.38. The van der Waals surface area contributed by atoms with Gasteiger partial charge in [0.05, 0.1) is 5.75 Å². The lowest BCUT2D eigenvalue weighted by molar-refractivity contribution is -0.118. The van der Waals surface area contributed by atoms with E-state index in [1.807, 2.05) is 48.5 Å². The van der Waals surface area contributed by atoms with Crippen LogP contribution >= 0.6 is 35.0 Å². The second kappa shape index (κ2) is 8.32. The average Bonchev–Trinajstić information content (AvgIpc) is 2.46. The van der Waals surface area contributed by atoms with Gasteiger partial charge in [0.25, 0.3) is 0 Å². The molecule has 0 atom stereocenters. The van der Waals surface area contributed by atoms with Crippen LogP contribution in [0.3, 0.4) is 0 Å². The minimum absolute atomic E-state index is 0.00180. The highest BCUT2D eigenvalue weighted by Crippen LogP contribution is 2.17. The van der Waals surface area contributed by atoms with E-state index in [1.54, 1.807) is 11.8 Å². The highest BCUT2D eigenvalue weighted by molar-refractivity contribution is 7.99. The standard InChI is InChI=1S/C16H15Cl2NOS/c17-14-6-3-4-12(8-14)10-21-11-16(20)19-9-13-5-1-2-7-15(13)18/h1-8H,9-11H2,(H,19,20). The summed E-state index contributed by atoms with van der Waals surface area (Å²) in [5.41, 5.74) is 2.04. The average molecular weight is 340 g/mol. The molecule has 0 saturated heterocycles. The van der Waals surface area contributed by atoms with Crippen molar-refractivity contribution in [3.8, 4) is 0 Å². The molecule has 2 aromatic carbocycles. The quantitative estimate of drug-likeness (QED) is 0.836. The lowest BCUT2D eigenvalue weighted by Crippen LogP contribution is -2.24. The Bertz CT molecular complexity index is 619. The van der Waals surface area contributed by atoms with E-state index in [-0.39, 0.29) is 5.91 Å². The van der Waals surface area contributed by atoms with E-state index in [0.717, 1.165) is 21.9 Å². The summed E-state index contributed by atoms with van der Waals surface area (Å²) in [6, 6.07) is 15.2. The van der Waals surface area contributed by atoms with Gasteiger partial charge in [-0.1, -0.05) is 53.5 Å². The molecule has 21 heavy (non-hydrogen) atoms. The predicted molar refractivity (Wildman–Crippen MR) is 90.9 cm³/mol. The summed E-state index contributed by atoms with van der Waals surface area (Å²) in [5, 5.41) is 4.26. The van der Waals surface area contributed by atoms with Crippen molar-refractivity contribution in [2.24, 2.45) is 0 Å². The van der Waals surface area contributed by atoms with Crippen LogP contribution in [0.4, 0.5) is 0 Å². The van der Waals surface area contributed by atoms with Crippen LogP contribution in [0.15, 0.2) is 48.5 Å².